The van der Waals surface area contributed by atoms with Crippen LogP contribution in [-0.2, 0) is 18.1 Å². The largest absolute Gasteiger partial charge is 0.416 e. The Hall–Kier alpha value is -2.77. The monoisotopic (exact) mass is 501 g/mol. The SMILES string of the molecule is Cc1cc([Si])ccc1C(C)(C)N(CCc1cccc(C(F)(F)F)c1)C(=O)c1cc(Cl)ccc1N. The second-order valence-corrected chi connectivity index (χ2v) is 9.74. The summed E-state index contributed by atoms with van der Waals surface area (Å²) in [5, 5.41) is 1.27. The van der Waals surface area contributed by atoms with Gasteiger partial charge in [-0.2, -0.15) is 13.2 Å². The highest BCUT2D eigenvalue weighted by Crippen LogP contribution is 2.34. The van der Waals surface area contributed by atoms with E-state index in [9.17, 15) is 18.0 Å². The molecule has 0 atom stereocenters. The topological polar surface area (TPSA) is 46.3 Å². The van der Waals surface area contributed by atoms with Gasteiger partial charge in [0.1, 0.15) is 0 Å². The first kappa shape index (κ1) is 25.8. The van der Waals surface area contributed by atoms with E-state index in [-0.39, 0.29) is 30.1 Å². The lowest BCUT2D eigenvalue weighted by molar-refractivity contribution is -0.137. The van der Waals surface area contributed by atoms with Crippen molar-refractivity contribution < 1.29 is 18.0 Å². The molecule has 2 N–H and O–H groups in total. The predicted molar refractivity (Wildman–Crippen MR) is 132 cm³/mol. The van der Waals surface area contributed by atoms with Crippen molar-refractivity contribution in [3.63, 3.8) is 0 Å². The van der Waals surface area contributed by atoms with E-state index in [1.54, 1.807) is 23.1 Å². The Labute approximate surface area is 206 Å². The molecule has 3 nitrogen and oxygen atoms in total. The first-order chi connectivity index (χ1) is 15.8. The fourth-order valence-corrected chi connectivity index (χ4v) is 4.61. The van der Waals surface area contributed by atoms with E-state index in [2.05, 4.69) is 10.2 Å². The van der Waals surface area contributed by atoms with Gasteiger partial charge in [-0.1, -0.05) is 53.2 Å². The number of hydrogen-bond acceptors (Lipinski definition) is 2. The molecule has 0 saturated carbocycles. The van der Waals surface area contributed by atoms with Gasteiger partial charge in [0.2, 0.25) is 0 Å². The fraction of sp³-hybridized carbons (Fsp3) is 0.269. The molecule has 0 aliphatic heterocycles. The average molecular weight is 502 g/mol. The highest BCUT2D eigenvalue weighted by atomic mass is 35.5. The van der Waals surface area contributed by atoms with Crippen LogP contribution in [0.5, 0.6) is 0 Å². The second kappa shape index (κ2) is 9.84. The van der Waals surface area contributed by atoms with Crippen LogP contribution in [0, 0.1) is 6.92 Å². The van der Waals surface area contributed by atoms with Gasteiger partial charge in [-0.3, -0.25) is 4.79 Å². The fourth-order valence-electron chi connectivity index (χ4n) is 4.13. The maximum Gasteiger partial charge on any atom is 0.416 e. The van der Waals surface area contributed by atoms with Crippen molar-refractivity contribution in [3.05, 3.63) is 93.5 Å². The van der Waals surface area contributed by atoms with Gasteiger partial charge in [-0.15, -0.1) is 0 Å². The van der Waals surface area contributed by atoms with Crippen molar-refractivity contribution in [1.29, 1.82) is 0 Å². The minimum atomic E-state index is -4.44. The van der Waals surface area contributed by atoms with Gasteiger partial charge in [0.25, 0.3) is 5.91 Å². The summed E-state index contributed by atoms with van der Waals surface area (Å²) in [5.74, 6) is -0.348. The lowest BCUT2D eigenvalue weighted by atomic mass is 9.87. The summed E-state index contributed by atoms with van der Waals surface area (Å²) in [6.45, 7) is 5.94. The van der Waals surface area contributed by atoms with E-state index in [0.29, 0.717) is 10.6 Å². The molecular formula is C26H25ClF3N2OSi. The molecule has 0 saturated heterocycles. The summed E-state index contributed by atoms with van der Waals surface area (Å²) in [5.41, 5.74) is 7.47. The maximum atomic E-state index is 13.8. The molecule has 0 aliphatic carbocycles. The number of hydrogen-bond donors (Lipinski definition) is 1. The number of nitrogen functional groups attached to an aromatic ring is 1. The third-order valence-electron chi connectivity index (χ3n) is 5.93. The smallest absolute Gasteiger partial charge is 0.398 e. The maximum absolute atomic E-state index is 13.8. The number of anilines is 1. The van der Waals surface area contributed by atoms with Gasteiger partial charge in [0, 0.05) is 17.3 Å². The van der Waals surface area contributed by atoms with Crippen LogP contribution in [0.2, 0.25) is 5.02 Å². The van der Waals surface area contributed by atoms with Crippen molar-refractivity contribution >= 4 is 38.6 Å². The van der Waals surface area contributed by atoms with Gasteiger partial charge in [0.05, 0.1) is 26.9 Å². The van der Waals surface area contributed by atoms with Crippen LogP contribution >= 0.6 is 11.6 Å². The molecular weight excluding hydrogens is 477 g/mol. The zero-order valence-electron chi connectivity index (χ0n) is 19.1. The van der Waals surface area contributed by atoms with Crippen LogP contribution in [-0.4, -0.2) is 27.6 Å². The lowest BCUT2D eigenvalue weighted by Gasteiger charge is -2.40. The number of alkyl halides is 3. The number of benzene rings is 3. The Morgan fingerprint density at radius 1 is 1.06 bits per heavy atom. The van der Waals surface area contributed by atoms with Crippen LogP contribution in [0.4, 0.5) is 18.9 Å². The van der Waals surface area contributed by atoms with E-state index >= 15 is 0 Å². The molecule has 3 rings (SSSR count). The van der Waals surface area contributed by atoms with E-state index in [1.165, 1.54) is 12.1 Å². The summed E-state index contributed by atoms with van der Waals surface area (Å²) in [6, 6.07) is 15.6. The molecule has 0 bridgehead atoms. The molecule has 3 aromatic carbocycles. The van der Waals surface area contributed by atoms with Crippen molar-refractivity contribution in [3.8, 4) is 0 Å². The molecule has 8 heteroatoms. The van der Waals surface area contributed by atoms with Crippen molar-refractivity contribution in [1.82, 2.24) is 4.90 Å². The quantitative estimate of drug-likeness (QED) is 0.350. The zero-order chi connectivity index (χ0) is 25.3. The normalized spacial score (nSPS) is 12.0. The van der Waals surface area contributed by atoms with Crippen molar-refractivity contribution in [2.75, 3.05) is 12.3 Å². The number of carbonyl (C=O) groups is 1. The minimum absolute atomic E-state index is 0.175. The second-order valence-electron chi connectivity index (χ2n) is 8.73. The molecule has 0 aliphatic rings. The molecule has 0 fully saturated rings. The van der Waals surface area contributed by atoms with E-state index in [1.807, 2.05) is 39.0 Å². The van der Waals surface area contributed by atoms with Gasteiger partial charge in [-0.05, 0) is 68.1 Å². The Balaban J connectivity index is 2.03. The molecule has 0 heterocycles. The number of nitrogens with zero attached hydrogens (tertiary/aromatic N) is 1. The van der Waals surface area contributed by atoms with E-state index < -0.39 is 17.3 Å². The number of aryl methyl sites for hydroxylation is 1. The number of carbonyl (C=O) groups excluding carboxylic acids is 1. The van der Waals surface area contributed by atoms with Gasteiger partial charge >= 0.3 is 6.18 Å². The van der Waals surface area contributed by atoms with E-state index in [0.717, 1.165) is 28.4 Å². The molecule has 3 radical (unpaired) electrons. The number of amides is 1. The molecule has 1 amide bonds. The number of halogens is 4. The first-order valence-corrected chi connectivity index (χ1v) is 11.5. The summed E-state index contributed by atoms with van der Waals surface area (Å²) in [6.07, 6.45) is -4.21. The summed E-state index contributed by atoms with van der Waals surface area (Å²) < 4.78 is 39.6. The van der Waals surface area contributed by atoms with Crippen molar-refractivity contribution in [2.45, 2.75) is 38.9 Å². The summed E-state index contributed by atoms with van der Waals surface area (Å²) in [4.78, 5) is 15.4. The summed E-state index contributed by atoms with van der Waals surface area (Å²) in [7, 11) is 3.52. The number of rotatable bonds is 6. The number of nitrogens with two attached hydrogens (primary N) is 1. The third kappa shape index (κ3) is 5.65. The Morgan fingerprint density at radius 2 is 1.76 bits per heavy atom. The zero-order valence-corrected chi connectivity index (χ0v) is 20.9. The van der Waals surface area contributed by atoms with E-state index in [4.69, 9.17) is 17.3 Å². The molecule has 3 aromatic rings. The van der Waals surface area contributed by atoms with Crippen LogP contribution in [0.3, 0.4) is 0 Å². The van der Waals surface area contributed by atoms with Gasteiger partial charge < -0.3 is 10.6 Å². The predicted octanol–water partition coefficient (Wildman–Crippen LogP) is 5.66. The van der Waals surface area contributed by atoms with Crippen LogP contribution in [0.15, 0.2) is 60.7 Å². The Morgan fingerprint density at radius 3 is 2.41 bits per heavy atom. The highest BCUT2D eigenvalue weighted by Gasteiger charge is 2.35. The van der Waals surface area contributed by atoms with Crippen molar-refractivity contribution in [2.24, 2.45) is 0 Å². The standard InChI is InChI=1S/C26H25ClF3N2OSi/c1-16-13-20(34)8-9-22(16)25(2,3)32(24(33)21-15-19(27)7-10-23(21)31)12-11-17-5-4-6-18(14-17)26(28,29)30/h4-10,13-15H,11-12,31H2,1-3H3. The highest BCUT2D eigenvalue weighted by molar-refractivity contribution is 6.32. The molecule has 0 spiro atoms. The van der Waals surface area contributed by atoms with Gasteiger partial charge in [0.15, 0.2) is 0 Å². The average Bonchev–Trinajstić information content (AvgIpc) is 2.74. The molecule has 34 heavy (non-hydrogen) atoms. The Kier molecular flexibility index (Phi) is 7.48. The van der Waals surface area contributed by atoms with Gasteiger partial charge in [-0.25, -0.2) is 0 Å². The minimum Gasteiger partial charge on any atom is -0.398 e. The Bertz CT molecular complexity index is 1210. The molecule has 0 unspecified atom stereocenters. The molecule has 177 valence electrons. The summed E-state index contributed by atoms with van der Waals surface area (Å²) >= 11 is 6.13. The van der Waals surface area contributed by atoms with Crippen LogP contribution in [0.1, 0.15) is 46.5 Å². The first-order valence-electron chi connectivity index (χ1n) is 10.7. The third-order valence-corrected chi connectivity index (χ3v) is 6.48. The van der Waals surface area contributed by atoms with Crippen LogP contribution < -0.4 is 10.9 Å². The lowest BCUT2D eigenvalue weighted by Crippen LogP contribution is -2.47. The van der Waals surface area contributed by atoms with Crippen LogP contribution in [0.25, 0.3) is 0 Å². The molecule has 0 aromatic heterocycles.